The van der Waals surface area contributed by atoms with Crippen molar-refractivity contribution in [3.8, 4) is 0 Å². The van der Waals surface area contributed by atoms with Gasteiger partial charge in [-0.1, -0.05) is 32.1 Å². The number of hydrogen-bond donors (Lipinski definition) is 2. The minimum Gasteiger partial charge on any atom is -0.434 e. The molecule has 1 aromatic carbocycles. The summed E-state index contributed by atoms with van der Waals surface area (Å²) in [6, 6.07) is 6.52. The summed E-state index contributed by atoms with van der Waals surface area (Å²) in [6.45, 7) is 3.79. The second-order valence-electron chi connectivity index (χ2n) is 13.2. The number of nitrogens with two attached hydrogens (primary N) is 1. The summed E-state index contributed by atoms with van der Waals surface area (Å²) in [5, 5.41) is 4.00. The van der Waals surface area contributed by atoms with E-state index in [-0.39, 0.29) is 35.5 Å². The highest BCUT2D eigenvalue weighted by Crippen LogP contribution is 2.42. The molecule has 4 aliphatic rings. The molecule has 3 N–H and O–H groups in total. The predicted octanol–water partition coefficient (Wildman–Crippen LogP) is 5.34. The number of anilines is 1. The van der Waals surface area contributed by atoms with Crippen LogP contribution in [0.25, 0.3) is 10.9 Å². The third-order valence-corrected chi connectivity index (χ3v) is 10.3. The lowest BCUT2D eigenvalue weighted by atomic mass is 9.76. The Morgan fingerprint density at radius 3 is 2.51 bits per heavy atom. The zero-order valence-corrected chi connectivity index (χ0v) is 24.2. The Morgan fingerprint density at radius 2 is 1.80 bits per heavy atom. The second-order valence-corrected chi connectivity index (χ2v) is 13.2. The highest BCUT2D eigenvalue weighted by Gasteiger charge is 2.47. The molecule has 3 heterocycles. The van der Waals surface area contributed by atoms with Gasteiger partial charge in [0.25, 0.3) is 0 Å². The number of fused-ring (bicyclic) bond motifs is 3. The molecule has 6 rings (SSSR count). The number of esters is 1. The molecule has 3 atom stereocenters. The van der Waals surface area contributed by atoms with Crippen LogP contribution in [-0.2, 0) is 20.1 Å². The summed E-state index contributed by atoms with van der Waals surface area (Å²) in [4.78, 5) is 42.2. The van der Waals surface area contributed by atoms with Crippen LogP contribution < -0.4 is 11.1 Å². The number of benzene rings is 1. The van der Waals surface area contributed by atoms with Gasteiger partial charge in [0.05, 0.1) is 5.52 Å². The van der Waals surface area contributed by atoms with Gasteiger partial charge in [-0.25, -0.2) is 9.18 Å². The Balaban J connectivity index is 1.22. The number of likely N-dealkylation sites (tertiary alicyclic amines) is 1. The number of nitrogens with one attached hydrogen (secondary N) is 1. The fraction of sp³-hybridized carbons (Fsp3) is 0.656. The van der Waals surface area contributed by atoms with Crippen molar-refractivity contribution in [2.24, 2.45) is 29.4 Å². The molecule has 9 heteroatoms. The molecule has 41 heavy (non-hydrogen) atoms. The number of aromatic nitrogens is 1. The molecule has 2 saturated carbocycles. The molecule has 0 bridgehead atoms. The summed E-state index contributed by atoms with van der Waals surface area (Å²) in [6.07, 6.45) is 9.56. The van der Waals surface area contributed by atoms with E-state index in [9.17, 15) is 18.8 Å². The van der Waals surface area contributed by atoms with Crippen molar-refractivity contribution in [1.82, 2.24) is 9.47 Å². The van der Waals surface area contributed by atoms with E-state index in [1.54, 1.807) is 0 Å². The summed E-state index contributed by atoms with van der Waals surface area (Å²) >= 11 is 0. The van der Waals surface area contributed by atoms with Crippen molar-refractivity contribution in [3.63, 3.8) is 0 Å². The van der Waals surface area contributed by atoms with Gasteiger partial charge in [0.1, 0.15) is 18.4 Å². The first-order chi connectivity index (χ1) is 19.7. The Labute approximate surface area is 241 Å². The maximum Gasteiger partial charge on any atom is 0.357 e. The zero-order valence-electron chi connectivity index (χ0n) is 24.2. The highest BCUT2D eigenvalue weighted by molar-refractivity contribution is 6.02. The van der Waals surface area contributed by atoms with Crippen molar-refractivity contribution in [2.75, 3.05) is 18.5 Å². The highest BCUT2D eigenvalue weighted by atomic mass is 19.1. The molecule has 1 unspecified atom stereocenters. The van der Waals surface area contributed by atoms with E-state index in [1.165, 1.54) is 19.3 Å². The maximum absolute atomic E-state index is 14.0. The molecule has 2 aliphatic heterocycles. The zero-order chi connectivity index (χ0) is 28.9. The largest absolute Gasteiger partial charge is 0.434 e. The van der Waals surface area contributed by atoms with Crippen molar-refractivity contribution in [3.05, 3.63) is 30.0 Å². The molecule has 2 aliphatic carbocycles. The monoisotopic (exact) mass is 566 g/mol. The number of ether oxygens (including phenoxy) is 1. The third kappa shape index (κ3) is 5.15. The van der Waals surface area contributed by atoms with Gasteiger partial charge in [0.15, 0.2) is 5.72 Å². The van der Waals surface area contributed by atoms with Crippen LogP contribution in [0, 0.1) is 23.7 Å². The third-order valence-electron chi connectivity index (χ3n) is 10.3. The second kappa shape index (κ2) is 11.0. The standard InChI is InChI=1S/C32H43FN4O4/c1-32(2)37-26-13-12-23(16-22(26)17-27(37)31(40)41-32)35-29(38)28-24(19-6-4-3-5-7-19)14-15-36(28)30(39)21-10-8-20(9-11-21)25(34)18-33/h12-13,16-17,19-21,24-25,28H,3-11,14-15,18,34H2,1-2H3,(H,35,38)/t20-,21-,24-,25?,28-/m0/s1. The average molecular weight is 567 g/mol. The molecule has 222 valence electrons. The van der Waals surface area contributed by atoms with E-state index in [2.05, 4.69) is 5.32 Å². The van der Waals surface area contributed by atoms with Crippen LogP contribution in [-0.4, -0.2) is 52.6 Å². The number of amides is 2. The topological polar surface area (TPSA) is 107 Å². The Kier molecular flexibility index (Phi) is 7.59. The smallest absolute Gasteiger partial charge is 0.357 e. The number of nitrogens with zero attached hydrogens (tertiary/aromatic N) is 2. The lowest BCUT2D eigenvalue weighted by Gasteiger charge is -2.36. The Bertz CT molecular complexity index is 1320. The van der Waals surface area contributed by atoms with Crippen molar-refractivity contribution in [2.45, 2.75) is 95.9 Å². The first-order valence-corrected chi connectivity index (χ1v) is 15.5. The predicted molar refractivity (Wildman–Crippen MR) is 155 cm³/mol. The van der Waals surface area contributed by atoms with E-state index in [0.29, 0.717) is 36.7 Å². The van der Waals surface area contributed by atoms with Gasteiger partial charge in [-0.2, -0.15) is 0 Å². The van der Waals surface area contributed by atoms with Crippen LogP contribution in [0.3, 0.4) is 0 Å². The maximum atomic E-state index is 14.0. The fourth-order valence-corrected chi connectivity index (χ4v) is 8.17. The summed E-state index contributed by atoms with van der Waals surface area (Å²) in [5.41, 5.74) is 7.21. The molecule has 0 spiro atoms. The normalized spacial score (nSPS) is 28.9. The van der Waals surface area contributed by atoms with Crippen molar-refractivity contribution >= 4 is 34.4 Å². The number of hydrogen-bond acceptors (Lipinski definition) is 5. The lowest BCUT2D eigenvalue weighted by molar-refractivity contribution is -0.142. The average Bonchev–Trinajstić information content (AvgIpc) is 3.65. The van der Waals surface area contributed by atoms with Crippen LogP contribution in [0.1, 0.15) is 88.5 Å². The number of halogens is 1. The molecule has 3 fully saturated rings. The van der Waals surface area contributed by atoms with Crippen LogP contribution in [0.15, 0.2) is 24.3 Å². The summed E-state index contributed by atoms with van der Waals surface area (Å²) < 4.78 is 20.5. The van der Waals surface area contributed by atoms with Gasteiger partial charge in [0.2, 0.25) is 11.8 Å². The van der Waals surface area contributed by atoms with Gasteiger partial charge in [-0.15, -0.1) is 0 Å². The van der Waals surface area contributed by atoms with E-state index in [0.717, 1.165) is 43.0 Å². The Morgan fingerprint density at radius 1 is 1.07 bits per heavy atom. The number of alkyl halides is 1. The molecule has 0 radical (unpaired) electrons. The Hall–Kier alpha value is -2.94. The fourth-order valence-electron chi connectivity index (χ4n) is 8.17. The van der Waals surface area contributed by atoms with E-state index < -0.39 is 24.5 Å². The molecule has 1 aromatic heterocycles. The van der Waals surface area contributed by atoms with E-state index >= 15 is 0 Å². The molecular weight excluding hydrogens is 523 g/mol. The number of cyclic esters (lactones) is 1. The minimum absolute atomic E-state index is 0.0655. The molecule has 8 nitrogen and oxygen atoms in total. The SMILES string of the molecule is CC1(C)OC(=O)c2cc3cc(NC(=O)[C@@H]4[C@H](C5CCCCC5)CCN4C(=O)[C@H]4CC[C@H](C(N)CF)CC4)ccc3n21. The number of carbonyl (C=O) groups excluding carboxylic acids is 3. The molecule has 2 amide bonds. The number of carbonyl (C=O) groups is 3. The quantitative estimate of drug-likeness (QED) is 0.459. The minimum atomic E-state index is -0.771. The molecule has 1 saturated heterocycles. The van der Waals surface area contributed by atoms with Gasteiger partial charge in [-0.05, 0) is 88.0 Å². The van der Waals surface area contributed by atoms with Gasteiger partial charge in [-0.3, -0.25) is 14.2 Å². The van der Waals surface area contributed by atoms with Crippen LogP contribution in [0.2, 0.25) is 0 Å². The van der Waals surface area contributed by atoms with Gasteiger partial charge >= 0.3 is 5.97 Å². The summed E-state index contributed by atoms with van der Waals surface area (Å²) in [7, 11) is 0. The summed E-state index contributed by atoms with van der Waals surface area (Å²) in [5.74, 6) is 0.152. The first kappa shape index (κ1) is 28.2. The van der Waals surface area contributed by atoms with Crippen LogP contribution >= 0.6 is 0 Å². The molecular formula is C32H43FN4O4. The lowest BCUT2D eigenvalue weighted by Crippen LogP contribution is -2.50. The van der Waals surface area contributed by atoms with Crippen LogP contribution in [0.4, 0.5) is 10.1 Å². The molecule has 2 aromatic rings. The van der Waals surface area contributed by atoms with Crippen molar-refractivity contribution < 1.29 is 23.5 Å². The van der Waals surface area contributed by atoms with E-state index in [1.807, 2.05) is 47.6 Å². The number of rotatable bonds is 6. The van der Waals surface area contributed by atoms with Gasteiger partial charge < -0.3 is 20.7 Å². The van der Waals surface area contributed by atoms with Gasteiger partial charge in [0, 0.05) is 29.6 Å². The van der Waals surface area contributed by atoms with Crippen LogP contribution in [0.5, 0.6) is 0 Å². The first-order valence-electron chi connectivity index (χ1n) is 15.5. The van der Waals surface area contributed by atoms with E-state index in [4.69, 9.17) is 10.5 Å². The van der Waals surface area contributed by atoms with Crippen molar-refractivity contribution in [1.29, 1.82) is 0 Å².